The van der Waals surface area contributed by atoms with Crippen LogP contribution in [0.5, 0.6) is 0 Å². The smallest absolute Gasteiger partial charge is 0.108 e. The first-order valence-corrected chi connectivity index (χ1v) is 5.63. The predicted molar refractivity (Wildman–Crippen MR) is 60.9 cm³/mol. The monoisotopic (exact) mass is 302 g/mol. The number of H-pyrrole nitrogens is 1. The summed E-state index contributed by atoms with van der Waals surface area (Å²) in [5.74, 6) is 0. The topological polar surface area (TPSA) is 28.7 Å². The zero-order chi connectivity index (χ0) is 9.42. The maximum atomic E-state index is 4.36. The Bertz CT molecular complexity index is 448. The molecule has 0 saturated carbocycles. The van der Waals surface area contributed by atoms with Crippen LogP contribution >= 0.6 is 31.9 Å². The van der Waals surface area contributed by atoms with Crippen LogP contribution < -0.4 is 0 Å². The number of nitrogens with one attached hydrogen (secondary N) is 1. The lowest BCUT2D eigenvalue weighted by Gasteiger charge is -1.94. The summed E-state index contributed by atoms with van der Waals surface area (Å²) in [7, 11) is 0. The summed E-state index contributed by atoms with van der Waals surface area (Å²) in [6.07, 6.45) is 1.00. The van der Waals surface area contributed by atoms with Crippen LogP contribution in [0.3, 0.4) is 0 Å². The van der Waals surface area contributed by atoms with Gasteiger partial charge in [-0.1, -0.05) is 6.92 Å². The third-order valence-corrected chi connectivity index (χ3v) is 2.98. The number of pyridine rings is 1. The number of rotatable bonds is 1. The third kappa shape index (κ3) is 1.65. The Morgan fingerprint density at radius 2 is 2.15 bits per heavy atom. The van der Waals surface area contributed by atoms with E-state index in [1.54, 1.807) is 0 Å². The Hall–Kier alpha value is -0.350. The summed E-state index contributed by atoms with van der Waals surface area (Å²) in [6, 6.07) is 4.02. The molecule has 0 aromatic carbocycles. The molecule has 0 aliphatic rings. The molecule has 0 atom stereocenters. The summed E-state index contributed by atoms with van der Waals surface area (Å²) in [4.78, 5) is 7.67. The molecule has 0 saturated heterocycles. The number of hydrogen-bond acceptors (Lipinski definition) is 1. The molecular weight excluding hydrogens is 296 g/mol. The van der Waals surface area contributed by atoms with Gasteiger partial charge < -0.3 is 4.98 Å². The van der Waals surface area contributed by atoms with E-state index >= 15 is 0 Å². The Morgan fingerprint density at radius 3 is 2.85 bits per heavy atom. The van der Waals surface area contributed by atoms with Gasteiger partial charge in [0.05, 0.1) is 11.0 Å². The van der Waals surface area contributed by atoms with Crippen molar-refractivity contribution >= 4 is 42.9 Å². The highest BCUT2D eigenvalue weighted by molar-refractivity contribution is 9.11. The van der Waals surface area contributed by atoms with E-state index in [4.69, 9.17) is 0 Å². The second-order valence-corrected chi connectivity index (χ2v) is 4.50. The van der Waals surface area contributed by atoms with Gasteiger partial charge in [0.2, 0.25) is 0 Å². The number of halogens is 2. The van der Waals surface area contributed by atoms with Crippen molar-refractivity contribution in [3.05, 3.63) is 26.9 Å². The second kappa shape index (κ2) is 3.42. The number of hydrogen-bond donors (Lipinski definition) is 1. The largest absolute Gasteiger partial charge is 0.356 e. The summed E-state index contributed by atoms with van der Waals surface area (Å²) in [5, 5.41) is 0. The van der Waals surface area contributed by atoms with Gasteiger partial charge in [-0.05, 0) is 50.4 Å². The van der Waals surface area contributed by atoms with Crippen molar-refractivity contribution in [1.82, 2.24) is 9.97 Å². The highest BCUT2D eigenvalue weighted by Gasteiger charge is 2.05. The fourth-order valence-electron chi connectivity index (χ4n) is 1.28. The van der Waals surface area contributed by atoms with E-state index in [0.717, 1.165) is 26.5 Å². The quantitative estimate of drug-likeness (QED) is 0.800. The van der Waals surface area contributed by atoms with Gasteiger partial charge in [0, 0.05) is 10.2 Å². The molecule has 0 fully saturated rings. The van der Waals surface area contributed by atoms with Gasteiger partial charge in [-0.15, -0.1) is 0 Å². The first-order chi connectivity index (χ1) is 6.20. The maximum Gasteiger partial charge on any atom is 0.108 e. The number of aryl methyl sites for hydroxylation is 1. The van der Waals surface area contributed by atoms with Crippen molar-refractivity contribution in [2.45, 2.75) is 13.3 Å². The lowest BCUT2D eigenvalue weighted by atomic mass is 10.3. The lowest BCUT2D eigenvalue weighted by molar-refractivity contribution is 1.07. The van der Waals surface area contributed by atoms with Crippen molar-refractivity contribution in [2.24, 2.45) is 0 Å². The number of aromatic nitrogens is 2. The van der Waals surface area contributed by atoms with E-state index in [9.17, 15) is 0 Å². The van der Waals surface area contributed by atoms with Gasteiger partial charge in [0.1, 0.15) is 4.60 Å². The first-order valence-electron chi connectivity index (χ1n) is 4.04. The zero-order valence-corrected chi connectivity index (χ0v) is 10.2. The van der Waals surface area contributed by atoms with E-state index in [0.29, 0.717) is 0 Å². The van der Waals surface area contributed by atoms with Crippen molar-refractivity contribution < 1.29 is 0 Å². The van der Waals surface area contributed by atoms with Crippen molar-refractivity contribution in [1.29, 1.82) is 0 Å². The highest BCUT2D eigenvalue weighted by atomic mass is 79.9. The minimum absolute atomic E-state index is 0.855. The molecule has 0 spiro atoms. The van der Waals surface area contributed by atoms with Crippen LogP contribution in [-0.2, 0) is 6.42 Å². The molecule has 4 heteroatoms. The van der Waals surface area contributed by atoms with E-state index < -0.39 is 0 Å². The molecule has 68 valence electrons. The molecule has 2 heterocycles. The van der Waals surface area contributed by atoms with E-state index in [2.05, 4.69) is 54.8 Å². The van der Waals surface area contributed by atoms with Gasteiger partial charge in [-0.2, -0.15) is 0 Å². The number of fused-ring (bicyclic) bond motifs is 1. The van der Waals surface area contributed by atoms with Gasteiger partial charge >= 0.3 is 0 Å². The van der Waals surface area contributed by atoms with Crippen LogP contribution in [0.25, 0.3) is 11.0 Å². The fourth-order valence-corrected chi connectivity index (χ4v) is 2.53. The van der Waals surface area contributed by atoms with Crippen LogP contribution in [-0.4, -0.2) is 9.97 Å². The van der Waals surface area contributed by atoms with Crippen LogP contribution in [0, 0.1) is 0 Å². The molecule has 0 aliphatic carbocycles. The van der Waals surface area contributed by atoms with Gasteiger partial charge in [0.25, 0.3) is 0 Å². The molecule has 0 radical (unpaired) electrons. The SMILES string of the molecule is CCc1cc2nc(Br)cc(Br)c2[nH]1. The molecule has 0 bridgehead atoms. The minimum atomic E-state index is 0.855. The van der Waals surface area contributed by atoms with Crippen molar-refractivity contribution in [2.75, 3.05) is 0 Å². The number of aromatic amines is 1. The summed E-state index contributed by atoms with van der Waals surface area (Å²) >= 11 is 6.85. The van der Waals surface area contributed by atoms with Crippen LogP contribution in [0.15, 0.2) is 21.2 Å². The lowest BCUT2D eigenvalue weighted by Crippen LogP contribution is -1.78. The predicted octanol–water partition coefficient (Wildman–Crippen LogP) is 3.65. The zero-order valence-electron chi connectivity index (χ0n) is 7.06. The number of nitrogens with zero attached hydrogens (tertiary/aromatic N) is 1. The summed E-state index contributed by atoms with van der Waals surface area (Å²) in [6.45, 7) is 2.12. The Kier molecular flexibility index (Phi) is 2.43. The molecule has 2 aromatic heterocycles. The molecule has 2 rings (SSSR count). The fraction of sp³-hybridized carbons (Fsp3) is 0.222. The van der Waals surface area contributed by atoms with E-state index in [-0.39, 0.29) is 0 Å². The molecule has 13 heavy (non-hydrogen) atoms. The average molecular weight is 304 g/mol. The van der Waals surface area contributed by atoms with Gasteiger partial charge in [0.15, 0.2) is 0 Å². The summed E-state index contributed by atoms with van der Waals surface area (Å²) < 4.78 is 1.90. The minimum Gasteiger partial charge on any atom is -0.356 e. The Labute approximate surface area is 93.0 Å². The van der Waals surface area contributed by atoms with Gasteiger partial charge in [-0.25, -0.2) is 4.98 Å². The summed E-state index contributed by atoms with van der Waals surface area (Å²) in [5.41, 5.74) is 3.28. The van der Waals surface area contributed by atoms with Crippen LogP contribution in [0.1, 0.15) is 12.6 Å². The van der Waals surface area contributed by atoms with Crippen molar-refractivity contribution in [3.63, 3.8) is 0 Å². The average Bonchev–Trinajstić information content (AvgIpc) is 2.47. The molecule has 2 nitrogen and oxygen atoms in total. The standard InChI is InChI=1S/C9H8Br2N2/c1-2-5-3-7-9(12-5)6(10)4-8(11)13-7/h3-4,12H,2H2,1H3. The van der Waals surface area contributed by atoms with Crippen LogP contribution in [0.4, 0.5) is 0 Å². The highest BCUT2D eigenvalue weighted by Crippen LogP contribution is 2.25. The molecule has 2 aromatic rings. The van der Waals surface area contributed by atoms with Crippen LogP contribution in [0.2, 0.25) is 0 Å². The Morgan fingerprint density at radius 1 is 1.38 bits per heavy atom. The third-order valence-electron chi connectivity index (χ3n) is 1.95. The van der Waals surface area contributed by atoms with Gasteiger partial charge in [-0.3, -0.25) is 0 Å². The molecule has 1 N–H and O–H groups in total. The molecule has 0 aliphatic heterocycles. The molecule has 0 amide bonds. The van der Waals surface area contributed by atoms with E-state index in [1.165, 1.54) is 5.69 Å². The Balaban J connectivity index is 2.75. The van der Waals surface area contributed by atoms with E-state index in [1.807, 2.05) is 6.07 Å². The second-order valence-electron chi connectivity index (χ2n) is 2.84. The first kappa shape index (κ1) is 9.21. The molecular formula is C9H8Br2N2. The molecule has 0 unspecified atom stereocenters. The normalized spacial score (nSPS) is 11.0. The van der Waals surface area contributed by atoms with Crippen molar-refractivity contribution in [3.8, 4) is 0 Å². The maximum absolute atomic E-state index is 4.36.